The zero-order valence-electron chi connectivity index (χ0n) is 19.4. The van der Waals surface area contributed by atoms with E-state index >= 15 is 0 Å². The molecule has 2 saturated heterocycles. The Kier molecular flexibility index (Phi) is 8.69. The van der Waals surface area contributed by atoms with Crippen molar-refractivity contribution in [1.82, 2.24) is 15.5 Å². The fourth-order valence-electron chi connectivity index (χ4n) is 4.91. The maximum atomic E-state index is 13.5. The first-order valence-corrected chi connectivity index (χ1v) is 11.8. The number of fused-ring (bicyclic) bond motifs is 1. The average molecular weight is 485 g/mol. The third-order valence-corrected chi connectivity index (χ3v) is 6.79. The van der Waals surface area contributed by atoms with Crippen molar-refractivity contribution in [1.29, 1.82) is 0 Å². The molecule has 7 nitrogen and oxygen atoms in total. The molecule has 182 valence electrons. The van der Waals surface area contributed by atoms with Crippen molar-refractivity contribution in [3.05, 3.63) is 71.8 Å². The lowest BCUT2D eigenvalue weighted by molar-refractivity contribution is -0.146. The van der Waals surface area contributed by atoms with Crippen molar-refractivity contribution in [2.24, 2.45) is 5.73 Å². The highest BCUT2D eigenvalue weighted by molar-refractivity contribution is 5.94. The largest absolute Gasteiger partial charge is 0.343 e. The van der Waals surface area contributed by atoms with Crippen LogP contribution in [0.5, 0.6) is 0 Å². The van der Waals surface area contributed by atoms with Gasteiger partial charge in [0.1, 0.15) is 12.1 Å². The minimum atomic E-state index is -0.634. The van der Waals surface area contributed by atoms with Crippen LogP contribution in [0.2, 0.25) is 0 Å². The smallest absolute Gasteiger partial charge is 0.246 e. The number of amides is 3. The van der Waals surface area contributed by atoms with Crippen molar-refractivity contribution < 1.29 is 14.4 Å². The van der Waals surface area contributed by atoms with E-state index in [0.717, 1.165) is 24.0 Å². The number of nitrogens with zero attached hydrogens (tertiary/aromatic N) is 1. The molecule has 0 bridgehead atoms. The zero-order chi connectivity index (χ0) is 23.4. The summed E-state index contributed by atoms with van der Waals surface area (Å²) in [5.74, 6) is -0.667. The highest BCUT2D eigenvalue weighted by Gasteiger charge is 2.46. The van der Waals surface area contributed by atoms with Crippen LogP contribution in [0.3, 0.4) is 0 Å². The number of hydrogen-bond acceptors (Lipinski definition) is 4. The first kappa shape index (κ1) is 25.7. The maximum absolute atomic E-state index is 13.5. The van der Waals surface area contributed by atoms with Crippen LogP contribution in [-0.4, -0.2) is 46.8 Å². The summed E-state index contributed by atoms with van der Waals surface area (Å²) in [6.07, 6.45) is 3.26. The topological polar surface area (TPSA) is 105 Å². The molecule has 2 aromatic rings. The van der Waals surface area contributed by atoms with Crippen LogP contribution in [-0.2, 0) is 14.4 Å². The standard InChI is InChI=1S/C26H32N4O3.ClH/c1-2-20(27)24(31)28-21-15-13-19-14-16-22(30(19)26(21)33)25(32)29-23(17-9-5-3-6-10-17)18-11-7-4-8-12-18;/h3-12,19-23H,2,13-16,27H2,1H3,(H,28,31)(H,29,32);1H/t19-,20-,21?,22-;/m0./s1. The van der Waals surface area contributed by atoms with Gasteiger partial charge in [-0.25, -0.2) is 0 Å². The molecular weight excluding hydrogens is 452 g/mol. The summed E-state index contributed by atoms with van der Waals surface area (Å²) in [5.41, 5.74) is 7.79. The third kappa shape index (κ3) is 5.42. The number of nitrogens with one attached hydrogen (secondary N) is 2. The van der Waals surface area contributed by atoms with Crippen LogP contribution in [0.1, 0.15) is 56.2 Å². The van der Waals surface area contributed by atoms with Gasteiger partial charge in [0.15, 0.2) is 0 Å². The molecular formula is C26H33ClN4O3. The highest BCUT2D eigenvalue weighted by atomic mass is 35.5. The number of nitrogens with two attached hydrogens (primary N) is 1. The quantitative estimate of drug-likeness (QED) is 0.562. The Labute approximate surface area is 206 Å². The number of piperidine rings is 1. The van der Waals surface area contributed by atoms with E-state index < -0.39 is 18.1 Å². The molecule has 0 spiro atoms. The summed E-state index contributed by atoms with van der Waals surface area (Å²) < 4.78 is 0. The lowest BCUT2D eigenvalue weighted by Crippen LogP contribution is -2.60. The Morgan fingerprint density at radius 2 is 1.53 bits per heavy atom. The van der Waals surface area contributed by atoms with Crippen LogP contribution in [0.15, 0.2) is 60.7 Å². The number of rotatable bonds is 7. The van der Waals surface area contributed by atoms with E-state index in [0.29, 0.717) is 19.3 Å². The molecule has 2 aliphatic rings. The van der Waals surface area contributed by atoms with Crippen LogP contribution in [0.25, 0.3) is 0 Å². The second kappa shape index (κ2) is 11.5. The number of carbonyl (C=O) groups excluding carboxylic acids is 3. The van der Waals surface area contributed by atoms with Gasteiger partial charge in [0, 0.05) is 6.04 Å². The Balaban J connectivity index is 0.00000324. The number of halogens is 1. The van der Waals surface area contributed by atoms with Crippen molar-refractivity contribution >= 4 is 30.1 Å². The first-order chi connectivity index (χ1) is 16.0. The molecule has 3 amide bonds. The van der Waals surface area contributed by atoms with E-state index in [1.54, 1.807) is 4.90 Å². The van der Waals surface area contributed by atoms with Gasteiger partial charge in [-0.15, -0.1) is 12.4 Å². The molecule has 2 heterocycles. The van der Waals surface area contributed by atoms with Gasteiger partial charge in [0.2, 0.25) is 17.7 Å². The number of benzene rings is 2. The molecule has 0 aliphatic carbocycles. The van der Waals surface area contributed by atoms with Crippen LogP contribution in [0.4, 0.5) is 0 Å². The van der Waals surface area contributed by atoms with Gasteiger partial charge < -0.3 is 21.3 Å². The molecule has 34 heavy (non-hydrogen) atoms. The predicted octanol–water partition coefficient (Wildman–Crippen LogP) is 2.69. The lowest BCUT2D eigenvalue weighted by atomic mass is 9.97. The molecule has 1 unspecified atom stereocenters. The van der Waals surface area contributed by atoms with E-state index in [1.165, 1.54) is 0 Å². The molecule has 8 heteroatoms. The van der Waals surface area contributed by atoms with Crippen molar-refractivity contribution in [2.45, 2.75) is 69.2 Å². The van der Waals surface area contributed by atoms with Crippen LogP contribution in [0, 0.1) is 0 Å². The third-order valence-electron chi connectivity index (χ3n) is 6.79. The van der Waals surface area contributed by atoms with Gasteiger partial charge >= 0.3 is 0 Å². The summed E-state index contributed by atoms with van der Waals surface area (Å²) in [7, 11) is 0. The predicted molar refractivity (Wildman–Crippen MR) is 133 cm³/mol. The first-order valence-electron chi connectivity index (χ1n) is 11.8. The molecule has 2 fully saturated rings. The summed E-state index contributed by atoms with van der Waals surface area (Å²) >= 11 is 0. The molecule has 4 N–H and O–H groups in total. The lowest BCUT2D eigenvalue weighted by Gasteiger charge is -2.38. The molecule has 2 aromatic carbocycles. The van der Waals surface area contributed by atoms with Gasteiger partial charge in [-0.05, 0) is 43.2 Å². The van der Waals surface area contributed by atoms with Gasteiger partial charge in [0.05, 0.1) is 12.1 Å². The van der Waals surface area contributed by atoms with Crippen LogP contribution < -0.4 is 16.4 Å². The van der Waals surface area contributed by atoms with E-state index in [1.807, 2.05) is 67.6 Å². The Morgan fingerprint density at radius 1 is 0.971 bits per heavy atom. The molecule has 2 aliphatic heterocycles. The summed E-state index contributed by atoms with van der Waals surface area (Å²) in [4.78, 5) is 40.7. The van der Waals surface area contributed by atoms with Gasteiger partial charge in [-0.1, -0.05) is 67.6 Å². The molecule has 4 atom stereocenters. The zero-order valence-corrected chi connectivity index (χ0v) is 20.2. The fraction of sp³-hybridized carbons (Fsp3) is 0.423. The minimum absolute atomic E-state index is 0. The van der Waals surface area contributed by atoms with E-state index in [-0.39, 0.29) is 42.2 Å². The second-order valence-corrected chi connectivity index (χ2v) is 8.91. The van der Waals surface area contributed by atoms with Gasteiger partial charge in [0.25, 0.3) is 0 Å². The molecule has 0 radical (unpaired) electrons. The Hall–Kier alpha value is -2.90. The normalized spacial score (nSPS) is 22.5. The van der Waals surface area contributed by atoms with E-state index in [9.17, 15) is 14.4 Å². The SMILES string of the molecule is CC[C@H](N)C(=O)NC1CC[C@H]2CC[C@@H](C(=O)NC(c3ccccc3)c3ccccc3)N2C1=O.Cl. The summed E-state index contributed by atoms with van der Waals surface area (Å²) in [6, 6.07) is 17.6. The fourth-order valence-corrected chi connectivity index (χ4v) is 4.91. The highest BCUT2D eigenvalue weighted by Crippen LogP contribution is 2.33. The molecule has 0 saturated carbocycles. The summed E-state index contributed by atoms with van der Waals surface area (Å²) in [5, 5.41) is 5.98. The van der Waals surface area contributed by atoms with Crippen LogP contribution >= 0.6 is 12.4 Å². The molecule has 4 rings (SSSR count). The Bertz CT molecular complexity index is 949. The maximum Gasteiger partial charge on any atom is 0.246 e. The van der Waals surface area contributed by atoms with Gasteiger partial charge in [-0.3, -0.25) is 14.4 Å². The molecule has 0 aromatic heterocycles. The summed E-state index contributed by atoms with van der Waals surface area (Å²) in [6.45, 7) is 1.83. The number of carbonyl (C=O) groups is 3. The van der Waals surface area contributed by atoms with E-state index in [4.69, 9.17) is 5.73 Å². The van der Waals surface area contributed by atoms with Crippen molar-refractivity contribution in [2.75, 3.05) is 0 Å². The van der Waals surface area contributed by atoms with Gasteiger partial charge in [-0.2, -0.15) is 0 Å². The number of hydrogen-bond donors (Lipinski definition) is 3. The minimum Gasteiger partial charge on any atom is -0.343 e. The van der Waals surface area contributed by atoms with E-state index in [2.05, 4.69) is 10.6 Å². The second-order valence-electron chi connectivity index (χ2n) is 8.91. The Morgan fingerprint density at radius 3 is 2.09 bits per heavy atom. The monoisotopic (exact) mass is 484 g/mol. The van der Waals surface area contributed by atoms with Crippen molar-refractivity contribution in [3.63, 3.8) is 0 Å². The van der Waals surface area contributed by atoms with Crippen molar-refractivity contribution in [3.8, 4) is 0 Å². The average Bonchev–Trinajstić information content (AvgIpc) is 3.29.